The molecule has 0 bridgehead atoms. The summed E-state index contributed by atoms with van der Waals surface area (Å²) in [6.45, 7) is 5.38. The van der Waals surface area contributed by atoms with E-state index in [0.717, 1.165) is 19.7 Å². The molecule has 2 unspecified atom stereocenters. The number of nitrogens with one attached hydrogen (secondary N) is 1. The predicted octanol–water partition coefficient (Wildman–Crippen LogP) is 1.10. The molecular weight excluding hydrogens is 176 g/mol. The molecule has 14 heavy (non-hydrogen) atoms. The van der Waals surface area contributed by atoms with Gasteiger partial charge < -0.3 is 15.0 Å². The van der Waals surface area contributed by atoms with Crippen LogP contribution in [0.1, 0.15) is 26.2 Å². The highest BCUT2D eigenvalue weighted by molar-refractivity contribution is 4.72. The van der Waals surface area contributed by atoms with E-state index in [0.29, 0.717) is 12.1 Å². The third-order valence-electron chi connectivity index (χ3n) is 2.97. The van der Waals surface area contributed by atoms with Crippen molar-refractivity contribution in [3.63, 3.8) is 0 Å². The van der Waals surface area contributed by atoms with Crippen molar-refractivity contribution in [2.24, 2.45) is 0 Å². The molecule has 0 spiro atoms. The second kappa shape index (κ2) is 6.38. The Morgan fingerprint density at radius 1 is 1.57 bits per heavy atom. The van der Waals surface area contributed by atoms with Gasteiger partial charge in [0.15, 0.2) is 0 Å². The number of likely N-dealkylation sites (N-methyl/N-ethyl adjacent to an activating group) is 2. The molecule has 3 nitrogen and oxygen atoms in total. The molecule has 1 aliphatic heterocycles. The van der Waals surface area contributed by atoms with Crippen LogP contribution in [0.4, 0.5) is 0 Å². The van der Waals surface area contributed by atoms with Crippen LogP contribution in [0.25, 0.3) is 0 Å². The van der Waals surface area contributed by atoms with Gasteiger partial charge in [0, 0.05) is 25.7 Å². The Morgan fingerprint density at radius 2 is 2.36 bits per heavy atom. The van der Waals surface area contributed by atoms with Gasteiger partial charge in [-0.25, -0.2) is 0 Å². The fourth-order valence-corrected chi connectivity index (χ4v) is 2.01. The molecule has 0 aromatic heterocycles. The van der Waals surface area contributed by atoms with Crippen LogP contribution in [0, 0.1) is 0 Å². The maximum atomic E-state index is 5.61. The van der Waals surface area contributed by atoms with Gasteiger partial charge in [0.25, 0.3) is 0 Å². The fraction of sp³-hybridized carbons (Fsp3) is 1.00. The molecule has 0 radical (unpaired) electrons. The first-order chi connectivity index (χ1) is 6.76. The van der Waals surface area contributed by atoms with E-state index in [9.17, 15) is 0 Å². The van der Waals surface area contributed by atoms with E-state index in [-0.39, 0.29) is 0 Å². The van der Waals surface area contributed by atoms with E-state index >= 15 is 0 Å². The van der Waals surface area contributed by atoms with E-state index in [1.807, 2.05) is 7.05 Å². The molecule has 1 fully saturated rings. The topological polar surface area (TPSA) is 24.5 Å². The molecule has 1 N–H and O–H groups in total. The molecular formula is C11H24N2O. The maximum Gasteiger partial charge on any atom is 0.0702 e. The van der Waals surface area contributed by atoms with Crippen molar-refractivity contribution in [3.8, 4) is 0 Å². The summed E-state index contributed by atoms with van der Waals surface area (Å²) in [6, 6.07) is 0.612. The van der Waals surface area contributed by atoms with Gasteiger partial charge in [0.2, 0.25) is 0 Å². The van der Waals surface area contributed by atoms with Crippen molar-refractivity contribution < 1.29 is 4.74 Å². The van der Waals surface area contributed by atoms with E-state index in [2.05, 4.69) is 24.2 Å². The largest absolute Gasteiger partial charge is 0.377 e. The first-order valence-corrected chi connectivity index (χ1v) is 5.73. The summed E-state index contributed by atoms with van der Waals surface area (Å²) in [5.41, 5.74) is 0. The second-order valence-corrected chi connectivity index (χ2v) is 4.25. The average Bonchev–Trinajstić information content (AvgIpc) is 2.66. The van der Waals surface area contributed by atoms with E-state index in [4.69, 9.17) is 4.74 Å². The summed E-state index contributed by atoms with van der Waals surface area (Å²) in [5.74, 6) is 0. The Hall–Kier alpha value is -0.120. The van der Waals surface area contributed by atoms with E-state index in [1.54, 1.807) is 0 Å². The molecule has 1 heterocycles. The summed E-state index contributed by atoms with van der Waals surface area (Å²) in [7, 11) is 4.22. The van der Waals surface area contributed by atoms with Crippen molar-refractivity contribution in [2.45, 2.75) is 38.3 Å². The second-order valence-electron chi connectivity index (χ2n) is 4.25. The van der Waals surface area contributed by atoms with Crippen LogP contribution in [0.5, 0.6) is 0 Å². The van der Waals surface area contributed by atoms with Crippen LogP contribution in [0.2, 0.25) is 0 Å². The van der Waals surface area contributed by atoms with Crippen molar-refractivity contribution in [1.82, 2.24) is 10.2 Å². The maximum absolute atomic E-state index is 5.61. The zero-order chi connectivity index (χ0) is 10.4. The van der Waals surface area contributed by atoms with Gasteiger partial charge in [0.05, 0.1) is 6.10 Å². The van der Waals surface area contributed by atoms with Crippen LogP contribution in [0.15, 0.2) is 0 Å². The lowest BCUT2D eigenvalue weighted by Crippen LogP contribution is -2.40. The monoisotopic (exact) mass is 200 g/mol. The van der Waals surface area contributed by atoms with Crippen molar-refractivity contribution >= 4 is 0 Å². The lowest BCUT2D eigenvalue weighted by molar-refractivity contribution is 0.0785. The minimum Gasteiger partial charge on any atom is -0.377 e. The minimum atomic E-state index is 0.481. The molecule has 1 rings (SSSR count). The molecule has 0 aromatic rings. The van der Waals surface area contributed by atoms with E-state index < -0.39 is 0 Å². The molecule has 0 saturated carbocycles. The SMILES string of the molecule is CCC(CN(C)CC1CCCO1)NC. The molecule has 1 aliphatic rings. The Labute approximate surface area is 87.8 Å². The third-order valence-corrected chi connectivity index (χ3v) is 2.97. The van der Waals surface area contributed by atoms with Gasteiger partial charge in [-0.15, -0.1) is 0 Å². The zero-order valence-electron chi connectivity index (χ0n) is 9.75. The van der Waals surface area contributed by atoms with Gasteiger partial charge in [0.1, 0.15) is 0 Å². The summed E-state index contributed by atoms with van der Waals surface area (Å²) in [4.78, 5) is 2.38. The molecule has 0 aromatic carbocycles. The summed E-state index contributed by atoms with van der Waals surface area (Å²) < 4.78 is 5.61. The summed E-state index contributed by atoms with van der Waals surface area (Å²) >= 11 is 0. The molecule has 0 amide bonds. The average molecular weight is 200 g/mol. The Balaban J connectivity index is 2.16. The Morgan fingerprint density at radius 3 is 2.86 bits per heavy atom. The quantitative estimate of drug-likeness (QED) is 0.695. The van der Waals surface area contributed by atoms with Crippen LogP contribution in [-0.2, 0) is 4.74 Å². The molecule has 84 valence electrons. The molecule has 0 aliphatic carbocycles. The van der Waals surface area contributed by atoms with Crippen LogP contribution in [0.3, 0.4) is 0 Å². The highest BCUT2D eigenvalue weighted by atomic mass is 16.5. The number of nitrogens with zero attached hydrogens (tertiary/aromatic N) is 1. The summed E-state index contributed by atoms with van der Waals surface area (Å²) in [5, 5.41) is 3.33. The van der Waals surface area contributed by atoms with Crippen LogP contribution in [-0.4, -0.2) is 50.8 Å². The van der Waals surface area contributed by atoms with Gasteiger partial charge in [-0.05, 0) is 33.4 Å². The lowest BCUT2D eigenvalue weighted by Gasteiger charge is -2.24. The molecule has 2 atom stereocenters. The normalized spacial score (nSPS) is 24.4. The van der Waals surface area contributed by atoms with Crippen LogP contribution < -0.4 is 5.32 Å². The highest BCUT2D eigenvalue weighted by Crippen LogP contribution is 2.12. The minimum absolute atomic E-state index is 0.481. The predicted molar refractivity (Wildman–Crippen MR) is 59.6 cm³/mol. The van der Waals surface area contributed by atoms with Crippen molar-refractivity contribution in [1.29, 1.82) is 0 Å². The fourth-order valence-electron chi connectivity index (χ4n) is 2.01. The molecule has 3 heteroatoms. The number of rotatable bonds is 6. The van der Waals surface area contributed by atoms with Gasteiger partial charge >= 0.3 is 0 Å². The van der Waals surface area contributed by atoms with Crippen molar-refractivity contribution in [2.75, 3.05) is 33.8 Å². The Kier molecular flexibility index (Phi) is 5.45. The first-order valence-electron chi connectivity index (χ1n) is 5.73. The van der Waals surface area contributed by atoms with E-state index in [1.165, 1.54) is 19.3 Å². The van der Waals surface area contributed by atoms with Crippen molar-refractivity contribution in [3.05, 3.63) is 0 Å². The number of hydrogen-bond donors (Lipinski definition) is 1. The third kappa shape index (κ3) is 3.95. The number of hydrogen-bond acceptors (Lipinski definition) is 3. The van der Waals surface area contributed by atoms with Gasteiger partial charge in [-0.3, -0.25) is 0 Å². The van der Waals surface area contributed by atoms with Crippen LogP contribution >= 0.6 is 0 Å². The Bertz CT molecular complexity index is 138. The number of ether oxygens (including phenoxy) is 1. The summed E-state index contributed by atoms with van der Waals surface area (Å²) in [6.07, 6.45) is 4.14. The smallest absolute Gasteiger partial charge is 0.0702 e. The van der Waals surface area contributed by atoms with Gasteiger partial charge in [-0.1, -0.05) is 6.92 Å². The standard InChI is InChI=1S/C11H24N2O/c1-4-10(12-2)8-13(3)9-11-6-5-7-14-11/h10-12H,4-9H2,1-3H3. The lowest BCUT2D eigenvalue weighted by atomic mass is 10.2. The highest BCUT2D eigenvalue weighted by Gasteiger charge is 2.18. The van der Waals surface area contributed by atoms with Gasteiger partial charge in [-0.2, -0.15) is 0 Å². The first kappa shape index (κ1) is 12.0. The zero-order valence-corrected chi connectivity index (χ0v) is 9.75. The molecule has 1 saturated heterocycles.